The van der Waals surface area contributed by atoms with Crippen LogP contribution in [0.15, 0.2) is 59.6 Å². The predicted octanol–water partition coefficient (Wildman–Crippen LogP) is 3.11. The van der Waals surface area contributed by atoms with E-state index in [0.717, 1.165) is 18.9 Å². The molecule has 0 spiro atoms. The molecule has 7 nitrogen and oxygen atoms in total. The highest BCUT2D eigenvalue weighted by Crippen LogP contribution is 2.21. The number of aliphatic imine (C=N–C) groups is 1. The zero-order chi connectivity index (χ0) is 22.2. The fourth-order valence-corrected chi connectivity index (χ4v) is 3.33. The molecule has 160 valence electrons. The lowest BCUT2D eigenvalue weighted by Crippen LogP contribution is -2.39. The maximum atomic E-state index is 13.2. The van der Waals surface area contributed by atoms with Gasteiger partial charge in [-0.15, -0.1) is 0 Å². The molecule has 0 amide bonds. The Kier molecular flexibility index (Phi) is 7.22. The molecule has 0 radical (unpaired) electrons. The van der Waals surface area contributed by atoms with Crippen molar-refractivity contribution in [3.05, 3.63) is 77.2 Å². The molecule has 8 heteroatoms. The summed E-state index contributed by atoms with van der Waals surface area (Å²) in [5, 5.41) is 17.3. The SMILES string of the molecule is CN=C(NCCCc1nn(-c2ccc(F)cc2)c(N)c1C#N)N(C)Cc1ccccc1. The summed E-state index contributed by atoms with van der Waals surface area (Å²) in [5.74, 6) is 0.711. The lowest BCUT2D eigenvalue weighted by Gasteiger charge is -2.22. The molecule has 1 aromatic heterocycles. The maximum absolute atomic E-state index is 13.2. The van der Waals surface area contributed by atoms with Crippen molar-refractivity contribution in [2.45, 2.75) is 19.4 Å². The minimum atomic E-state index is -0.341. The van der Waals surface area contributed by atoms with Crippen LogP contribution in [0.2, 0.25) is 0 Å². The van der Waals surface area contributed by atoms with Crippen LogP contribution in [-0.2, 0) is 13.0 Å². The molecular weight excluding hydrogens is 393 g/mol. The quantitative estimate of drug-likeness (QED) is 0.349. The third-order valence-corrected chi connectivity index (χ3v) is 4.89. The van der Waals surface area contributed by atoms with E-state index in [0.29, 0.717) is 29.9 Å². The van der Waals surface area contributed by atoms with Gasteiger partial charge in [-0.2, -0.15) is 10.4 Å². The smallest absolute Gasteiger partial charge is 0.193 e. The molecule has 0 bridgehead atoms. The van der Waals surface area contributed by atoms with Crippen molar-refractivity contribution in [3.8, 4) is 11.8 Å². The Hall–Kier alpha value is -3.86. The second-order valence-electron chi connectivity index (χ2n) is 7.13. The summed E-state index contributed by atoms with van der Waals surface area (Å²) < 4.78 is 14.7. The summed E-state index contributed by atoms with van der Waals surface area (Å²) in [6.45, 7) is 1.41. The van der Waals surface area contributed by atoms with Gasteiger partial charge in [0.15, 0.2) is 5.96 Å². The fourth-order valence-electron chi connectivity index (χ4n) is 3.33. The number of halogens is 1. The molecule has 0 saturated carbocycles. The second kappa shape index (κ2) is 10.3. The number of hydrogen-bond acceptors (Lipinski definition) is 4. The van der Waals surface area contributed by atoms with Gasteiger partial charge in [0.2, 0.25) is 0 Å². The van der Waals surface area contributed by atoms with Crippen LogP contribution >= 0.6 is 0 Å². The molecule has 0 unspecified atom stereocenters. The van der Waals surface area contributed by atoms with E-state index in [2.05, 4.69) is 38.5 Å². The molecule has 3 N–H and O–H groups in total. The lowest BCUT2D eigenvalue weighted by molar-refractivity contribution is 0.475. The van der Waals surface area contributed by atoms with Gasteiger partial charge in [-0.05, 0) is 42.7 Å². The summed E-state index contributed by atoms with van der Waals surface area (Å²) in [5.41, 5.74) is 8.91. The van der Waals surface area contributed by atoms with Crippen molar-refractivity contribution in [2.75, 3.05) is 26.4 Å². The Labute approximate surface area is 181 Å². The number of anilines is 1. The number of rotatable bonds is 7. The fraction of sp³-hybridized carbons (Fsp3) is 0.261. The van der Waals surface area contributed by atoms with Gasteiger partial charge in [-0.1, -0.05) is 30.3 Å². The minimum Gasteiger partial charge on any atom is -0.382 e. The number of guanidine groups is 1. The molecule has 1 heterocycles. The first-order chi connectivity index (χ1) is 15.0. The molecule has 3 aromatic rings. The molecule has 3 rings (SSSR count). The average Bonchev–Trinajstić information content (AvgIpc) is 3.10. The average molecular weight is 420 g/mol. The zero-order valence-electron chi connectivity index (χ0n) is 17.7. The molecule has 0 aliphatic rings. The Balaban J connectivity index is 1.59. The predicted molar refractivity (Wildman–Crippen MR) is 120 cm³/mol. The first-order valence-corrected chi connectivity index (χ1v) is 10.0. The van der Waals surface area contributed by atoms with E-state index in [4.69, 9.17) is 5.73 Å². The third kappa shape index (κ3) is 5.39. The molecule has 0 atom stereocenters. The van der Waals surface area contributed by atoms with Crippen molar-refractivity contribution in [1.82, 2.24) is 20.0 Å². The summed E-state index contributed by atoms with van der Waals surface area (Å²) in [7, 11) is 3.74. The van der Waals surface area contributed by atoms with Crippen molar-refractivity contribution in [3.63, 3.8) is 0 Å². The van der Waals surface area contributed by atoms with Crippen LogP contribution in [0.5, 0.6) is 0 Å². The zero-order valence-corrected chi connectivity index (χ0v) is 17.7. The molecule has 0 aliphatic carbocycles. The number of benzene rings is 2. The minimum absolute atomic E-state index is 0.260. The first kappa shape index (κ1) is 21.8. The number of nitrogen functional groups attached to an aromatic ring is 1. The van der Waals surface area contributed by atoms with Crippen LogP contribution in [0.4, 0.5) is 10.2 Å². The summed E-state index contributed by atoms with van der Waals surface area (Å²) in [6.07, 6.45) is 1.32. The van der Waals surface area contributed by atoms with E-state index in [9.17, 15) is 9.65 Å². The Morgan fingerprint density at radius 1 is 1.23 bits per heavy atom. The van der Waals surface area contributed by atoms with Crippen molar-refractivity contribution in [2.24, 2.45) is 4.99 Å². The summed E-state index contributed by atoms with van der Waals surface area (Å²) in [6, 6.07) is 18.2. The molecule has 0 saturated heterocycles. The van der Waals surface area contributed by atoms with Gasteiger partial charge in [-0.3, -0.25) is 4.99 Å². The van der Waals surface area contributed by atoms with Crippen molar-refractivity contribution >= 4 is 11.8 Å². The summed E-state index contributed by atoms with van der Waals surface area (Å²) in [4.78, 5) is 6.39. The van der Waals surface area contributed by atoms with E-state index >= 15 is 0 Å². The standard InChI is InChI=1S/C23H26FN7/c1-27-23(30(2)16-17-7-4-3-5-8-17)28-14-6-9-21-20(15-25)22(26)31(29-21)19-12-10-18(24)11-13-19/h3-5,7-8,10-13H,6,9,14,16,26H2,1-2H3,(H,27,28). The first-order valence-electron chi connectivity index (χ1n) is 10.0. The highest BCUT2D eigenvalue weighted by atomic mass is 19.1. The number of nitrogens with one attached hydrogen (secondary N) is 1. The topological polar surface area (TPSA) is 95.3 Å². The third-order valence-electron chi connectivity index (χ3n) is 4.89. The summed E-state index contributed by atoms with van der Waals surface area (Å²) >= 11 is 0. The van der Waals surface area contributed by atoms with Crippen molar-refractivity contribution < 1.29 is 4.39 Å². The van der Waals surface area contributed by atoms with E-state index < -0.39 is 0 Å². The number of aryl methyl sites for hydroxylation is 1. The number of aromatic nitrogens is 2. The van der Waals surface area contributed by atoms with Gasteiger partial charge < -0.3 is 16.0 Å². The number of hydrogen-bond donors (Lipinski definition) is 2. The Bertz CT molecular complexity index is 1070. The van der Waals surface area contributed by atoms with Crippen molar-refractivity contribution in [1.29, 1.82) is 5.26 Å². The molecule has 2 aromatic carbocycles. The largest absolute Gasteiger partial charge is 0.382 e. The second-order valence-corrected chi connectivity index (χ2v) is 7.13. The molecule has 0 aliphatic heterocycles. The van der Waals surface area contributed by atoms with Crippen LogP contribution < -0.4 is 11.1 Å². The van der Waals surface area contributed by atoms with Crippen LogP contribution in [0.25, 0.3) is 5.69 Å². The highest BCUT2D eigenvalue weighted by molar-refractivity contribution is 5.79. The van der Waals surface area contributed by atoms with E-state index in [1.54, 1.807) is 19.2 Å². The Morgan fingerprint density at radius 3 is 2.58 bits per heavy atom. The van der Waals surface area contributed by atoms with E-state index in [-0.39, 0.29) is 11.6 Å². The normalized spacial score (nSPS) is 11.2. The lowest BCUT2D eigenvalue weighted by atomic mass is 10.1. The number of nitriles is 1. The van der Waals surface area contributed by atoms with Gasteiger partial charge in [0.1, 0.15) is 23.3 Å². The van der Waals surface area contributed by atoms with Crippen LogP contribution in [0.3, 0.4) is 0 Å². The number of nitrogens with two attached hydrogens (primary N) is 1. The molecule has 0 fully saturated rings. The van der Waals surface area contributed by atoms with Crippen LogP contribution in [-0.4, -0.2) is 41.3 Å². The maximum Gasteiger partial charge on any atom is 0.193 e. The van der Waals surface area contributed by atoms with Crippen LogP contribution in [0, 0.1) is 17.1 Å². The van der Waals surface area contributed by atoms with E-state index in [1.165, 1.54) is 22.4 Å². The molecular formula is C23H26FN7. The Morgan fingerprint density at radius 2 is 1.94 bits per heavy atom. The number of nitrogens with zero attached hydrogens (tertiary/aromatic N) is 5. The molecule has 31 heavy (non-hydrogen) atoms. The highest BCUT2D eigenvalue weighted by Gasteiger charge is 2.16. The van der Waals surface area contributed by atoms with Gasteiger partial charge in [0, 0.05) is 27.2 Å². The monoisotopic (exact) mass is 419 g/mol. The van der Waals surface area contributed by atoms with Gasteiger partial charge >= 0.3 is 0 Å². The van der Waals surface area contributed by atoms with Gasteiger partial charge in [0.25, 0.3) is 0 Å². The van der Waals surface area contributed by atoms with Gasteiger partial charge in [-0.25, -0.2) is 9.07 Å². The van der Waals surface area contributed by atoms with Crippen LogP contribution in [0.1, 0.15) is 23.2 Å². The van der Waals surface area contributed by atoms with Gasteiger partial charge in [0.05, 0.1) is 11.4 Å². The van der Waals surface area contributed by atoms with E-state index in [1.807, 2.05) is 25.2 Å².